The largest absolute Gasteiger partial charge is 0.325 e. The average molecular weight is 380 g/mol. The van der Waals surface area contributed by atoms with Crippen LogP contribution in [0.4, 0.5) is 5.69 Å². The molecule has 2 aromatic rings. The lowest BCUT2D eigenvalue weighted by Crippen LogP contribution is -2.14. The summed E-state index contributed by atoms with van der Waals surface area (Å²) in [5.74, 6) is -0.0896. The maximum Gasteiger partial charge on any atom is 0.234 e. The standard InChI is InChI=1S/C17H15Cl2N3OS/c1-9-10(2)15(7-20)17(21-11(9)3)24-8-16(23)22-14-5-12(18)4-13(19)6-14/h4-6H,8H2,1-3H3,(H,22,23). The molecule has 24 heavy (non-hydrogen) atoms. The van der Waals surface area contributed by atoms with Crippen molar-refractivity contribution in [1.29, 1.82) is 5.26 Å². The number of thioether (sulfide) groups is 1. The van der Waals surface area contributed by atoms with Crippen LogP contribution < -0.4 is 5.32 Å². The molecule has 0 aliphatic rings. The number of amides is 1. The first-order chi connectivity index (χ1) is 11.3. The van der Waals surface area contributed by atoms with Crippen LogP contribution in [0.15, 0.2) is 23.2 Å². The Morgan fingerprint density at radius 3 is 2.42 bits per heavy atom. The van der Waals surface area contributed by atoms with Gasteiger partial charge in [-0.15, -0.1) is 0 Å². The number of aromatic nitrogens is 1. The predicted molar refractivity (Wildman–Crippen MR) is 99.0 cm³/mol. The molecule has 0 saturated heterocycles. The highest BCUT2D eigenvalue weighted by atomic mass is 35.5. The molecule has 4 nitrogen and oxygen atoms in total. The number of pyridine rings is 1. The number of nitrogens with zero attached hydrogens (tertiary/aromatic N) is 2. The molecular formula is C17H15Cl2N3OS. The molecule has 1 aromatic heterocycles. The number of aryl methyl sites for hydroxylation is 1. The van der Waals surface area contributed by atoms with E-state index in [-0.39, 0.29) is 11.7 Å². The molecule has 0 aliphatic carbocycles. The van der Waals surface area contributed by atoms with E-state index in [4.69, 9.17) is 23.2 Å². The molecule has 1 aromatic carbocycles. The Morgan fingerprint density at radius 2 is 1.83 bits per heavy atom. The van der Waals surface area contributed by atoms with Gasteiger partial charge in [0.15, 0.2) is 0 Å². The van der Waals surface area contributed by atoms with Crippen molar-refractivity contribution < 1.29 is 4.79 Å². The van der Waals surface area contributed by atoms with E-state index in [0.29, 0.717) is 26.3 Å². The van der Waals surface area contributed by atoms with Crippen LogP contribution in [0.25, 0.3) is 0 Å². The summed E-state index contributed by atoms with van der Waals surface area (Å²) in [4.78, 5) is 16.5. The predicted octanol–water partition coefficient (Wildman–Crippen LogP) is 4.92. The van der Waals surface area contributed by atoms with Gasteiger partial charge in [-0.1, -0.05) is 35.0 Å². The van der Waals surface area contributed by atoms with E-state index in [1.165, 1.54) is 11.8 Å². The quantitative estimate of drug-likeness (QED) is 0.765. The lowest BCUT2D eigenvalue weighted by molar-refractivity contribution is -0.113. The van der Waals surface area contributed by atoms with Gasteiger partial charge in [0.05, 0.1) is 11.3 Å². The molecule has 0 saturated carbocycles. The van der Waals surface area contributed by atoms with Crippen LogP contribution in [0.5, 0.6) is 0 Å². The first kappa shape index (κ1) is 18.6. The number of carbonyl (C=O) groups excluding carboxylic acids is 1. The van der Waals surface area contributed by atoms with Crippen molar-refractivity contribution >= 4 is 46.6 Å². The molecule has 2 rings (SSSR count). The fourth-order valence-electron chi connectivity index (χ4n) is 2.10. The summed E-state index contributed by atoms with van der Waals surface area (Å²) in [5, 5.41) is 13.5. The summed E-state index contributed by atoms with van der Waals surface area (Å²) in [7, 11) is 0. The fraction of sp³-hybridized carbons (Fsp3) is 0.235. The number of anilines is 1. The van der Waals surface area contributed by atoms with Gasteiger partial charge in [-0.2, -0.15) is 5.26 Å². The van der Waals surface area contributed by atoms with Crippen molar-refractivity contribution in [3.05, 3.63) is 50.6 Å². The zero-order valence-corrected chi connectivity index (χ0v) is 15.7. The summed E-state index contributed by atoms with van der Waals surface area (Å²) >= 11 is 13.1. The Bertz CT molecular complexity index is 826. The van der Waals surface area contributed by atoms with E-state index >= 15 is 0 Å². The Balaban J connectivity index is 2.11. The third-order valence-corrected chi connectivity index (χ3v) is 4.97. The van der Waals surface area contributed by atoms with Gasteiger partial charge in [-0.3, -0.25) is 4.79 Å². The number of hydrogen-bond acceptors (Lipinski definition) is 4. The SMILES string of the molecule is Cc1nc(SCC(=O)Nc2cc(Cl)cc(Cl)c2)c(C#N)c(C)c1C. The number of benzene rings is 1. The van der Waals surface area contributed by atoms with Crippen molar-refractivity contribution in [2.75, 3.05) is 11.1 Å². The number of carbonyl (C=O) groups is 1. The lowest BCUT2D eigenvalue weighted by Gasteiger charge is -2.11. The van der Waals surface area contributed by atoms with Gasteiger partial charge in [0, 0.05) is 21.4 Å². The number of halogens is 2. The first-order valence-electron chi connectivity index (χ1n) is 7.08. The van der Waals surface area contributed by atoms with Gasteiger partial charge < -0.3 is 5.32 Å². The summed E-state index contributed by atoms with van der Waals surface area (Å²) in [6.07, 6.45) is 0. The van der Waals surface area contributed by atoms with Crippen LogP contribution in [0.3, 0.4) is 0 Å². The number of hydrogen-bond donors (Lipinski definition) is 1. The highest BCUT2D eigenvalue weighted by Gasteiger charge is 2.14. The molecule has 1 heterocycles. The van der Waals surface area contributed by atoms with Crippen molar-refractivity contribution in [1.82, 2.24) is 4.98 Å². The summed E-state index contributed by atoms with van der Waals surface area (Å²) in [5.41, 5.74) is 3.80. The molecule has 0 bridgehead atoms. The number of nitrogens with one attached hydrogen (secondary N) is 1. The minimum atomic E-state index is -0.222. The summed E-state index contributed by atoms with van der Waals surface area (Å²) in [6, 6.07) is 7.00. The van der Waals surface area contributed by atoms with Crippen molar-refractivity contribution in [2.24, 2.45) is 0 Å². The monoisotopic (exact) mass is 379 g/mol. The van der Waals surface area contributed by atoms with E-state index in [1.54, 1.807) is 18.2 Å². The number of rotatable bonds is 4. The minimum absolute atomic E-state index is 0.133. The van der Waals surface area contributed by atoms with Crippen molar-refractivity contribution in [3.63, 3.8) is 0 Å². The third kappa shape index (κ3) is 4.41. The van der Waals surface area contributed by atoms with Gasteiger partial charge in [-0.25, -0.2) is 4.98 Å². The average Bonchev–Trinajstić information content (AvgIpc) is 2.49. The van der Waals surface area contributed by atoms with Gasteiger partial charge >= 0.3 is 0 Å². The van der Waals surface area contributed by atoms with Gasteiger partial charge in [0.1, 0.15) is 11.1 Å². The topological polar surface area (TPSA) is 65.8 Å². The molecule has 0 unspecified atom stereocenters. The molecule has 1 amide bonds. The fourth-order valence-corrected chi connectivity index (χ4v) is 3.52. The van der Waals surface area contributed by atoms with Gasteiger partial charge in [-0.05, 0) is 50.1 Å². The Kier molecular flexibility index (Phi) is 6.11. The second-order valence-electron chi connectivity index (χ2n) is 5.23. The molecule has 0 fully saturated rings. The zero-order valence-electron chi connectivity index (χ0n) is 13.4. The van der Waals surface area contributed by atoms with Gasteiger partial charge in [0.2, 0.25) is 5.91 Å². The smallest absolute Gasteiger partial charge is 0.234 e. The van der Waals surface area contributed by atoms with Crippen LogP contribution in [-0.4, -0.2) is 16.6 Å². The van der Waals surface area contributed by atoms with Crippen LogP contribution >= 0.6 is 35.0 Å². The Labute approximate surface area is 155 Å². The Hall–Kier alpha value is -1.74. The van der Waals surface area contributed by atoms with Crippen molar-refractivity contribution in [2.45, 2.75) is 25.8 Å². The van der Waals surface area contributed by atoms with Crippen molar-refractivity contribution in [3.8, 4) is 6.07 Å². The molecule has 0 spiro atoms. The van der Waals surface area contributed by atoms with E-state index in [0.717, 1.165) is 16.8 Å². The summed E-state index contributed by atoms with van der Waals surface area (Å²) < 4.78 is 0. The Morgan fingerprint density at radius 1 is 1.21 bits per heavy atom. The molecule has 0 atom stereocenters. The maximum atomic E-state index is 12.1. The van der Waals surface area contributed by atoms with E-state index in [2.05, 4.69) is 16.4 Å². The summed E-state index contributed by atoms with van der Waals surface area (Å²) in [6.45, 7) is 5.71. The van der Waals surface area contributed by atoms with Crippen LogP contribution in [0.1, 0.15) is 22.4 Å². The van der Waals surface area contributed by atoms with Gasteiger partial charge in [0.25, 0.3) is 0 Å². The third-order valence-electron chi connectivity index (χ3n) is 3.56. The normalized spacial score (nSPS) is 10.3. The minimum Gasteiger partial charge on any atom is -0.325 e. The molecule has 0 radical (unpaired) electrons. The molecule has 0 aliphatic heterocycles. The molecule has 1 N–H and O–H groups in total. The van der Waals surface area contributed by atoms with Crippen LogP contribution in [-0.2, 0) is 4.79 Å². The van der Waals surface area contributed by atoms with E-state index < -0.39 is 0 Å². The van der Waals surface area contributed by atoms with Crippen LogP contribution in [0.2, 0.25) is 10.0 Å². The second kappa shape index (κ2) is 7.89. The van der Waals surface area contributed by atoms with E-state index in [1.807, 2.05) is 20.8 Å². The highest BCUT2D eigenvalue weighted by molar-refractivity contribution is 8.00. The first-order valence-corrected chi connectivity index (χ1v) is 8.82. The lowest BCUT2D eigenvalue weighted by atomic mass is 10.1. The second-order valence-corrected chi connectivity index (χ2v) is 7.07. The zero-order chi connectivity index (χ0) is 17.9. The van der Waals surface area contributed by atoms with E-state index in [9.17, 15) is 10.1 Å². The molecular weight excluding hydrogens is 365 g/mol. The number of nitriles is 1. The molecule has 124 valence electrons. The molecule has 7 heteroatoms. The maximum absolute atomic E-state index is 12.1. The highest BCUT2D eigenvalue weighted by Crippen LogP contribution is 2.27. The van der Waals surface area contributed by atoms with Crippen LogP contribution in [0, 0.1) is 32.1 Å².